The summed E-state index contributed by atoms with van der Waals surface area (Å²) < 4.78 is 3.13. The summed E-state index contributed by atoms with van der Waals surface area (Å²) in [4.78, 5) is 79.9. The summed E-state index contributed by atoms with van der Waals surface area (Å²) in [5.41, 5.74) is 5.39. The molecule has 2 aliphatic heterocycles. The SMILES string of the molecule is C=CCn1c(=O)c2cnc(Nc3ccc(N4CCN(CCCCCC(=O)N[C@H](C(=O)N5C[C@H](O)C[C@H]5C(=O)NCc5ccc(-c6scnc6C)cc5)C(C)(C)C)CC4)cc3)nc2n1-c1cccc(C(C)(C)O)n1. The lowest BCUT2D eigenvalue weighted by Gasteiger charge is -2.36. The lowest BCUT2D eigenvalue weighted by atomic mass is 9.85. The van der Waals surface area contributed by atoms with E-state index in [0.29, 0.717) is 34.9 Å². The van der Waals surface area contributed by atoms with Crippen molar-refractivity contribution in [1.82, 2.24) is 49.7 Å². The number of nitrogens with zero attached hydrogens (tertiary/aromatic N) is 9. The molecule has 3 amide bonds. The van der Waals surface area contributed by atoms with Gasteiger partial charge >= 0.3 is 0 Å². The van der Waals surface area contributed by atoms with Crippen LogP contribution >= 0.6 is 11.3 Å². The maximum atomic E-state index is 14.1. The smallest absolute Gasteiger partial charge is 0.278 e. The van der Waals surface area contributed by atoms with Crippen molar-refractivity contribution in [1.29, 1.82) is 0 Å². The number of unbranched alkanes of at least 4 members (excludes halogenated alkanes) is 2. The van der Waals surface area contributed by atoms with Crippen LogP contribution in [0.5, 0.6) is 0 Å². The van der Waals surface area contributed by atoms with Gasteiger partial charge in [-0.1, -0.05) is 63.6 Å². The Balaban J connectivity index is 0.773. The number of carbonyl (C=O) groups excluding carboxylic acids is 3. The summed E-state index contributed by atoms with van der Waals surface area (Å²) in [6, 6.07) is 19.6. The van der Waals surface area contributed by atoms with E-state index in [1.54, 1.807) is 54.1 Å². The summed E-state index contributed by atoms with van der Waals surface area (Å²) >= 11 is 1.58. The number of aliphatic hydroxyl groups is 2. The highest BCUT2D eigenvalue weighted by Gasteiger charge is 2.44. The lowest BCUT2D eigenvalue weighted by molar-refractivity contribution is -0.144. The molecular formula is C54H68N12O6S. The van der Waals surface area contributed by atoms with Crippen LogP contribution in [-0.2, 0) is 33.1 Å². The monoisotopic (exact) mass is 1010 g/mol. The van der Waals surface area contributed by atoms with Gasteiger partial charge in [0.15, 0.2) is 11.5 Å². The molecule has 2 fully saturated rings. The second-order valence-corrected chi connectivity index (χ2v) is 21.5. The number of rotatable bonds is 19. The molecule has 2 aromatic carbocycles. The van der Waals surface area contributed by atoms with Crippen LogP contribution in [0.25, 0.3) is 27.3 Å². The van der Waals surface area contributed by atoms with Gasteiger partial charge in [0.25, 0.3) is 5.56 Å². The number of fused-ring (bicyclic) bond motifs is 1. The summed E-state index contributed by atoms with van der Waals surface area (Å²) in [7, 11) is 0. The molecule has 73 heavy (non-hydrogen) atoms. The fourth-order valence-electron chi connectivity index (χ4n) is 9.42. The van der Waals surface area contributed by atoms with Gasteiger partial charge in [-0.15, -0.1) is 17.9 Å². The number of β-amino-alcohol motifs (C(OH)–C–C–N with tert-alkyl or cyclic N) is 1. The number of piperazine rings is 1. The van der Waals surface area contributed by atoms with E-state index in [2.05, 4.69) is 59.4 Å². The Hall–Kier alpha value is -6.80. The zero-order valence-electron chi connectivity index (χ0n) is 42.7. The maximum absolute atomic E-state index is 14.1. The Kier molecular flexibility index (Phi) is 16.2. The minimum atomic E-state index is -1.19. The van der Waals surface area contributed by atoms with Crippen molar-refractivity contribution in [3.8, 4) is 16.3 Å². The number of allylic oxidation sites excluding steroid dienone is 1. The number of aryl methyl sites for hydroxylation is 1. The van der Waals surface area contributed by atoms with Crippen LogP contribution in [0.4, 0.5) is 17.3 Å². The van der Waals surface area contributed by atoms with Gasteiger partial charge in [0.2, 0.25) is 23.7 Å². The number of nitrogens with one attached hydrogen (secondary N) is 3. The highest BCUT2D eigenvalue weighted by atomic mass is 32.1. The van der Waals surface area contributed by atoms with Crippen molar-refractivity contribution in [3.63, 3.8) is 0 Å². The van der Waals surface area contributed by atoms with E-state index < -0.39 is 29.2 Å². The molecule has 2 aliphatic rings. The first-order valence-corrected chi connectivity index (χ1v) is 25.9. The second-order valence-electron chi connectivity index (χ2n) is 20.6. The molecule has 8 rings (SSSR count). The molecule has 4 aromatic heterocycles. The number of hydrogen-bond acceptors (Lipinski definition) is 14. The first-order valence-electron chi connectivity index (χ1n) is 25.1. The maximum Gasteiger partial charge on any atom is 0.278 e. The van der Waals surface area contributed by atoms with Gasteiger partial charge in [-0.05, 0) is 93.1 Å². The molecule has 18 nitrogen and oxygen atoms in total. The number of anilines is 3. The summed E-state index contributed by atoms with van der Waals surface area (Å²) in [6.07, 6.45) is 5.21. The van der Waals surface area contributed by atoms with Crippen LogP contribution in [0.3, 0.4) is 0 Å². The predicted molar refractivity (Wildman–Crippen MR) is 285 cm³/mol. The molecule has 0 spiro atoms. The van der Waals surface area contributed by atoms with Crippen molar-refractivity contribution in [2.24, 2.45) is 5.41 Å². The standard InChI is InChI=1S/C54H68N12O6S/c1-8-24-65-50(70)41-32-56-52(61-48(41)66(65)44-14-12-13-43(59-44)54(6,7)72)58-38-20-22-39(23-21-38)63-28-26-62(27-29-63)25-11-9-10-15-45(68)60-47(53(3,4)5)51(71)64-33-40(67)30-42(64)49(69)55-31-36-16-18-37(19-17-36)46-35(2)57-34-73-46/h8,12-14,16-23,32,34,40,42,47,67,72H,1,9-11,15,24-31,33H2,2-7H3,(H,55,69)(H,60,68)(H,56,58,61)/t40-,42+,47-/m1/s1. The van der Waals surface area contributed by atoms with Crippen molar-refractivity contribution in [2.45, 2.75) is 111 Å². The van der Waals surface area contributed by atoms with Crippen LogP contribution in [-0.4, -0.2) is 124 Å². The van der Waals surface area contributed by atoms with Crippen molar-refractivity contribution < 1.29 is 24.6 Å². The molecule has 19 heteroatoms. The molecule has 0 unspecified atom stereocenters. The van der Waals surface area contributed by atoms with E-state index in [9.17, 15) is 29.4 Å². The van der Waals surface area contributed by atoms with Gasteiger partial charge in [-0.2, -0.15) is 4.98 Å². The number of hydrogen-bond donors (Lipinski definition) is 5. The highest BCUT2D eigenvalue weighted by molar-refractivity contribution is 7.13. The molecular weight excluding hydrogens is 945 g/mol. The summed E-state index contributed by atoms with van der Waals surface area (Å²) in [5, 5.41) is 30.8. The molecule has 6 aromatic rings. The van der Waals surface area contributed by atoms with Crippen LogP contribution in [0.2, 0.25) is 0 Å². The minimum absolute atomic E-state index is 0.0240. The minimum Gasteiger partial charge on any atom is -0.391 e. The number of pyridine rings is 1. The van der Waals surface area contributed by atoms with Crippen LogP contribution in [0.1, 0.15) is 83.7 Å². The second kappa shape index (κ2) is 22.5. The Labute approximate surface area is 430 Å². The number of benzene rings is 2. The van der Waals surface area contributed by atoms with Crippen LogP contribution in [0, 0.1) is 12.3 Å². The van der Waals surface area contributed by atoms with E-state index in [1.807, 2.05) is 69.6 Å². The summed E-state index contributed by atoms with van der Waals surface area (Å²) in [5.74, 6) is -0.166. The van der Waals surface area contributed by atoms with E-state index >= 15 is 0 Å². The molecule has 0 radical (unpaired) electrons. The third-order valence-electron chi connectivity index (χ3n) is 13.5. The third kappa shape index (κ3) is 12.5. The quantitative estimate of drug-likeness (QED) is 0.0462. The number of likely N-dealkylation sites (tertiary alicyclic amines) is 1. The topological polar surface area (TPSA) is 216 Å². The Morgan fingerprint density at radius 1 is 0.932 bits per heavy atom. The molecule has 0 bridgehead atoms. The van der Waals surface area contributed by atoms with E-state index in [4.69, 9.17) is 4.98 Å². The fourth-order valence-corrected chi connectivity index (χ4v) is 10.2. The van der Waals surface area contributed by atoms with E-state index in [0.717, 1.165) is 78.6 Å². The number of aromatic nitrogens is 6. The Morgan fingerprint density at radius 3 is 2.34 bits per heavy atom. The molecule has 5 N–H and O–H groups in total. The molecule has 0 aliphatic carbocycles. The summed E-state index contributed by atoms with van der Waals surface area (Å²) in [6.45, 7) is 19.8. The van der Waals surface area contributed by atoms with Gasteiger partial charge < -0.3 is 36.0 Å². The molecule has 2 saturated heterocycles. The first kappa shape index (κ1) is 52.5. The largest absolute Gasteiger partial charge is 0.391 e. The van der Waals surface area contributed by atoms with Gasteiger partial charge in [-0.3, -0.25) is 24.1 Å². The van der Waals surface area contributed by atoms with Gasteiger partial charge in [-0.25, -0.2) is 24.3 Å². The van der Waals surface area contributed by atoms with Gasteiger partial charge in [0.05, 0.1) is 34.4 Å². The van der Waals surface area contributed by atoms with Crippen LogP contribution in [0.15, 0.2) is 95.9 Å². The number of carbonyl (C=O) groups is 3. The Morgan fingerprint density at radius 2 is 1.67 bits per heavy atom. The fraction of sp³-hybridized carbons (Fsp3) is 0.444. The zero-order valence-corrected chi connectivity index (χ0v) is 43.5. The van der Waals surface area contributed by atoms with Crippen molar-refractivity contribution >= 4 is 57.4 Å². The number of amides is 3. The zero-order chi connectivity index (χ0) is 52.0. The Bertz CT molecular complexity index is 2970. The normalized spacial score (nSPS) is 16.9. The number of thiazole rings is 1. The molecule has 0 saturated carbocycles. The van der Waals surface area contributed by atoms with E-state index in [1.165, 1.54) is 15.8 Å². The van der Waals surface area contributed by atoms with E-state index in [-0.39, 0.29) is 55.8 Å². The average molecular weight is 1010 g/mol. The molecule has 3 atom stereocenters. The number of aliphatic hydroxyl groups excluding tert-OH is 1. The van der Waals surface area contributed by atoms with Gasteiger partial charge in [0.1, 0.15) is 23.1 Å². The molecule has 386 valence electrons. The molecule has 6 heterocycles. The predicted octanol–water partition coefficient (Wildman–Crippen LogP) is 6.06. The van der Waals surface area contributed by atoms with Gasteiger partial charge in [0, 0.05) is 69.7 Å². The first-order chi connectivity index (χ1) is 34.9. The lowest BCUT2D eigenvalue weighted by Crippen LogP contribution is -2.57. The van der Waals surface area contributed by atoms with Crippen LogP contribution < -0.4 is 26.4 Å². The van der Waals surface area contributed by atoms with Crippen molar-refractivity contribution in [2.75, 3.05) is 49.5 Å². The highest BCUT2D eigenvalue weighted by Crippen LogP contribution is 2.30. The van der Waals surface area contributed by atoms with Crippen molar-refractivity contribution in [3.05, 3.63) is 118 Å². The average Bonchev–Trinajstić information content (AvgIpc) is 4.06. The third-order valence-corrected chi connectivity index (χ3v) is 14.5.